The highest BCUT2D eigenvalue weighted by molar-refractivity contribution is 5.76. The SMILES string of the molecule is CC1CC(N2CCNC2=O)C1C. The molecule has 1 aliphatic heterocycles. The Bertz CT molecular complexity index is 205. The quantitative estimate of drug-likeness (QED) is 0.623. The molecule has 2 aliphatic rings. The molecule has 0 radical (unpaired) electrons. The zero-order chi connectivity index (χ0) is 8.72. The van der Waals surface area contributed by atoms with Crippen molar-refractivity contribution in [2.75, 3.05) is 13.1 Å². The Hall–Kier alpha value is -0.730. The van der Waals surface area contributed by atoms with Crippen LogP contribution in [-0.4, -0.2) is 30.1 Å². The Kier molecular flexibility index (Phi) is 1.74. The van der Waals surface area contributed by atoms with Crippen LogP contribution in [0.5, 0.6) is 0 Å². The van der Waals surface area contributed by atoms with Gasteiger partial charge < -0.3 is 10.2 Å². The van der Waals surface area contributed by atoms with Crippen molar-refractivity contribution in [3.05, 3.63) is 0 Å². The van der Waals surface area contributed by atoms with E-state index in [0.717, 1.165) is 19.0 Å². The van der Waals surface area contributed by atoms with Gasteiger partial charge in [-0.05, 0) is 18.3 Å². The van der Waals surface area contributed by atoms with E-state index in [-0.39, 0.29) is 6.03 Å². The summed E-state index contributed by atoms with van der Waals surface area (Å²) < 4.78 is 0. The number of nitrogens with zero attached hydrogens (tertiary/aromatic N) is 1. The topological polar surface area (TPSA) is 32.3 Å². The van der Waals surface area contributed by atoms with Crippen LogP contribution in [-0.2, 0) is 0 Å². The summed E-state index contributed by atoms with van der Waals surface area (Å²) in [6.45, 7) is 6.23. The molecule has 12 heavy (non-hydrogen) atoms. The molecule has 3 atom stereocenters. The van der Waals surface area contributed by atoms with Gasteiger partial charge in [0.1, 0.15) is 0 Å². The van der Waals surface area contributed by atoms with Crippen LogP contribution in [0.2, 0.25) is 0 Å². The summed E-state index contributed by atoms with van der Waals surface area (Å²) in [6, 6.07) is 0.654. The van der Waals surface area contributed by atoms with E-state index < -0.39 is 0 Å². The van der Waals surface area contributed by atoms with Crippen molar-refractivity contribution >= 4 is 6.03 Å². The molecule has 1 aliphatic carbocycles. The van der Waals surface area contributed by atoms with Gasteiger partial charge in [-0.15, -0.1) is 0 Å². The average molecular weight is 168 g/mol. The average Bonchev–Trinajstić information content (AvgIpc) is 2.46. The zero-order valence-corrected chi connectivity index (χ0v) is 7.71. The fourth-order valence-corrected chi connectivity index (χ4v) is 2.21. The maximum absolute atomic E-state index is 11.3. The molecule has 3 nitrogen and oxygen atoms in total. The van der Waals surface area contributed by atoms with Crippen molar-refractivity contribution < 1.29 is 4.79 Å². The van der Waals surface area contributed by atoms with Gasteiger partial charge >= 0.3 is 6.03 Å². The zero-order valence-electron chi connectivity index (χ0n) is 7.71. The van der Waals surface area contributed by atoms with E-state index in [1.807, 2.05) is 4.90 Å². The number of carbonyl (C=O) groups is 1. The van der Waals surface area contributed by atoms with Crippen LogP contribution < -0.4 is 5.32 Å². The third-order valence-electron chi connectivity index (χ3n) is 3.41. The number of rotatable bonds is 1. The Labute approximate surface area is 73.1 Å². The van der Waals surface area contributed by atoms with Crippen LogP contribution in [0.1, 0.15) is 20.3 Å². The Balaban J connectivity index is 1.97. The Morgan fingerprint density at radius 1 is 1.50 bits per heavy atom. The first kappa shape index (κ1) is 7.90. The van der Waals surface area contributed by atoms with Gasteiger partial charge in [0, 0.05) is 19.1 Å². The number of amides is 2. The number of urea groups is 1. The summed E-state index contributed by atoms with van der Waals surface area (Å²) >= 11 is 0. The molecule has 1 heterocycles. The second kappa shape index (κ2) is 2.64. The van der Waals surface area contributed by atoms with Crippen LogP contribution in [0.4, 0.5) is 4.79 Å². The lowest BCUT2D eigenvalue weighted by Crippen LogP contribution is -2.51. The minimum atomic E-state index is 0.138. The molecule has 1 saturated carbocycles. The second-order valence-electron chi connectivity index (χ2n) is 4.06. The third-order valence-corrected chi connectivity index (χ3v) is 3.41. The van der Waals surface area contributed by atoms with Crippen LogP contribution in [0.15, 0.2) is 0 Å². The fraction of sp³-hybridized carbons (Fsp3) is 0.889. The van der Waals surface area contributed by atoms with E-state index in [9.17, 15) is 4.79 Å². The van der Waals surface area contributed by atoms with Crippen LogP contribution in [0.25, 0.3) is 0 Å². The molecule has 3 heteroatoms. The molecule has 0 aromatic heterocycles. The number of hydrogen-bond donors (Lipinski definition) is 1. The largest absolute Gasteiger partial charge is 0.336 e. The van der Waals surface area contributed by atoms with E-state index in [1.165, 1.54) is 6.42 Å². The predicted molar refractivity (Wildman–Crippen MR) is 46.8 cm³/mol. The standard InChI is InChI=1S/C9H16N2O/c1-6-5-8(7(6)2)11-4-3-10-9(11)12/h6-8H,3-5H2,1-2H3,(H,10,12). The highest BCUT2D eigenvalue weighted by atomic mass is 16.2. The molecular weight excluding hydrogens is 152 g/mol. The van der Waals surface area contributed by atoms with Gasteiger partial charge in [-0.1, -0.05) is 13.8 Å². The number of nitrogens with one attached hydrogen (secondary N) is 1. The van der Waals surface area contributed by atoms with Gasteiger partial charge in [-0.2, -0.15) is 0 Å². The Morgan fingerprint density at radius 3 is 2.67 bits per heavy atom. The lowest BCUT2D eigenvalue weighted by Gasteiger charge is -2.45. The lowest BCUT2D eigenvalue weighted by molar-refractivity contribution is 0.0589. The smallest absolute Gasteiger partial charge is 0.317 e. The van der Waals surface area contributed by atoms with Crippen LogP contribution in [0, 0.1) is 11.8 Å². The van der Waals surface area contributed by atoms with Gasteiger partial charge in [0.15, 0.2) is 0 Å². The van der Waals surface area contributed by atoms with Crippen LogP contribution >= 0.6 is 0 Å². The summed E-state index contributed by atoms with van der Waals surface area (Å²) in [5, 5.41) is 2.84. The molecule has 2 amide bonds. The van der Waals surface area contributed by atoms with Crippen LogP contribution in [0.3, 0.4) is 0 Å². The third kappa shape index (κ3) is 0.993. The maximum atomic E-state index is 11.3. The minimum Gasteiger partial charge on any atom is -0.336 e. The number of carbonyl (C=O) groups excluding carboxylic acids is 1. The van der Waals surface area contributed by atoms with Gasteiger partial charge in [-0.25, -0.2) is 4.79 Å². The van der Waals surface area contributed by atoms with E-state index in [4.69, 9.17) is 0 Å². The summed E-state index contributed by atoms with van der Waals surface area (Å²) in [5.41, 5.74) is 0. The van der Waals surface area contributed by atoms with Crippen molar-refractivity contribution in [2.24, 2.45) is 11.8 Å². The first-order valence-electron chi connectivity index (χ1n) is 4.74. The first-order valence-corrected chi connectivity index (χ1v) is 4.74. The van der Waals surface area contributed by atoms with Crippen molar-refractivity contribution in [2.45, 2.75) is 26.3 Å². The van der Waals surface area contributed by atoms with E-state index in [1.54, 1.807) is 0 Å². The second-order valence-corrected chi connectivity index (χ2v) is 4.06. The minimum absolute atomic E-state index is 0.138. The van der Waals surface area contributed by atoms with Gasteiger partial charge in [0.05, 0.1) is 0 Å². The molecule has 1 N–H and O–H groups in total. The maximum Gasteiger partial charge on any atom is 0.317 e. The summed E-state index contributed by atoms with van der Waals surface area (Å²) in [7, 11) is 0. The molecule has 0 aromatic carbocycles. The van der Waals surface area contributed by atoms with Crippen molar-refractivity contribution in [1.82, 2.24) is 10.2 Å². The van der Waals surface area contributed by atoms with E-state index in [2.05, 4.69) is 19.2 Å². The molecule has 2 rings (SSSR count). The van der Waals surface area contributed by atoms with Crippen molar-refractivity contribution in [1.29, 1.82) is 0 Å². The monoisotopic (exact) mass is 168 g/mol. The highest BCUT2D eigenvalue weighted by Gasteiger charge is 2.41. The molecule has 3 unspecified atom stereocenters. The summed E-state index contributed by atoms with van der Waals surface area (Å²) in [5.74, 6) is 1.48. The molecule has 68 valence electrons. The summed E-state index contributed by atoms with van der Waals surface area (Å²) in [4.78, 5) is 13.3. The molecule has 0 spiro atoms. The van der Waals surface area contributed by atoms with E-state index in [0.29, 0.717) is 12.0 Å². The molecule has 0 aromatic rings. The van der Waals surface area contributed by atoms with Gasteiger partial charge in [-0.3, -0.25) is 0 Å². The highest BCUT2D eigenvalue weighted by Crippen LogP contribution is 2.37. The van der Waals surface area contributed by atoms with Gasteiger partial charge in [0.2, 0.25) is 0 Å². The summed E-state index contributed by atoms with van der Waals surface area (Å²) in [6.07, 6.45) is 1.19. The fourth-order valence-electron chi connectivity index (χ4n) is 2.21. The molecule has 0 bridgehead atoms. The predicted octanol–water partition coefficient (Wildman–Crippen LogP) is 1.06. The molecule has 2 fully saturated rings. The first-order chi connectivity index (χ1) is 5.70. The normalized spacial score (nSPS) is 41.0. The molecule has 1 saturated heterocycles. The van der Waals surface area contributed by atoms with Gasteiger partial charge in [0.25, 0.3) is 0 Å². The van der Waals surface area contributed by atoms with Crippen molar-refractivity contribution in [3.63, 3.8) is 0 Å². The van der Waals surface area contributed by atoms with Crippen molar-refractivity contribution in [3.8, 4) is 0 Å². The lowest BCUT2D eigenvalue weighted by atomic mass is 9.71. The number of hydrogen-bond acceptors (Lipinski definition) is 1. The Morgan fingerprint density at radius 2 is 2.25 bits per heavy atom. The molecular formula is C9H16N2O. The van der Waals surface area contributed by atoms with E-state index >= 15 is 0 Å².